The second-order valence-corrected chi connectivity index (χ2v) is 6.06. The summed E-state index contributed by atoms with van der Waals surface area (Å²) in [6.07, 6.45) is 2.61. The van der Waals surface area contributed by atoms with Crippen molar-refractivity contribution in [1.29, 1.82) is 0 Å². The molecule has 0 saturated heterocycles. The van der Waals surface area contributed by atoms with Crippen molar-refractivity contribution in [2.24, 2.45) is 16.1 Å². The summed E-state index contributed by atoms with van der Waals surface area (Å²) in [5.74, 6) is -0.248. The van der Waals surface area contributed by atoms with Crippen molar-refractivity contribution in [1.82, 2.24) is 0 Å². The minimum atomic E-state index is -0.424. The minimum absolute atomic E-state index is 0.00829. The zero-order chi connectivity index (χ0) is 14.6. The molecule has 108 valence electrons. The summed E-state index contributed by atoms with van der Waals surface area (Å²) in [4.78, 5) is 0. The molecule has 3 atom stereocenters. The number of aliphatic hydroxyl groups excluding tert-OH is 1. The van der Waals surface area contributed by atoms with Gasteiger partial charge in [-0.3, -0.25) is 0 Å². The largest absolute Gasteiger partial charge is 0.388 e. The molecule has 1 N–H and O–H groups in total. The van der Waals surface area contributed by atoms with Gasteiger partial charge in [-0.2, -0.15) is 10.2 Å². The Kier molecular flexibility index (Phi) is 2.82. The van der Waals surface area contributed by atoms with Crippen LogP contribution in [0, 0.1) is 11.7 Å². The standard InChI is InChI=1S/C17H17FN2O/c1-9-15-14(12-3-2-4-13(12)17(9)21)16(20-19-15)10-5-7-11(18)8-6-10/h5-9,16-17,21H,2-4H2,1H3/t9-,16?,17?/m0/s1. The molecule has 1 aromatic rings. The summed E-state index contributed by atoms with van der Waals surface area (Å²) in [6, 6.07) is 6.35. The Morgan fingerprint density at radius 1 is 1.19 bits per heavy atom. The number of azo groups is 1. The maximum atomic E-state index is 13.1. The van der Waals surface area contributed by atoms with Gasteiger partial charge in [0.2, 0.25) is 0 Å². The summed E-state index contributed by atoms with van der Waals surface area (Å²) in [6.45, 7) is 2.01. The average molecular weight is 284 g/mol. The third-order valence-corrected chi connectivity index (χ3v) is 4.86. The van der Waals surface area contributed by atoms with Crippen LogP contribution in [0.3, 0.4) is 0 Å². The normalized spacial score (nSPS) is 30.9. The number of hydrogen-bond donors (Lipinski definition) is 1. The number of fused-ring (bicyclic) bond motifs is 1. The van der Waals surface area contributed by atoms with Gasteiger partial charge in [-0.1, -0.05) is 19.1 Å². The van der Waals surface area contributed by atoms with Crippen molar-refractivity contribution < 1.29 is 9.50 Å². The van der Waals surface area contributed by atoms with Crippen LogP contribution in [0.5, 0.6) is 0 Å². The van der Waals surface area contributed by atoms with E-state index >= 15 is 0 Å². The highest BCUT2D eigenvalue weighted by atomic mass is 19.1. The Balaban J connectivity index is 1.81. The van der Waals surface area contributed by atoms with Crippen LogP contribution in [0.4, 0.5) is 4.39 Å². The molecule has 0 spiro atoms. The SMILES string of the molecule is C[C@H]1C2=C(C3=C(CCC3)C1O)C(c1ccc(F)cc1)N=N2. The van der Waals surface area contributed by atoms with E-state index in [4.69, 9.17) is 0 Å². The molecule has 0 aromatic heterocycles. The fraction of sp³-hybridized carbons (Fsp3) is 0.412. The van der Waals surface area contributed by atoms with Gasteiger partial charge < -0.3 is 5.11 Å². The predicted molar refractivity (Wildman–Crippen MR) is 77.1 cm³/mol. The molecule has 4 heteroatoms. The fourth-order valence-corrected chi connectivity index (χ4v) is 3.76. The van der Waals surface area contributed by atoms with E-state index < -0.39 is 6.10 Å². The number of rotatable bonds is 1. The van der Waals surface area contributed by atoms with Gasteiger partial charge >= 0.3 is 0 Å². The van der Waals surface area contributed by atoms with Crippen LogP contribution in [-0.2, 0) is 0 Å². The molecule has 1 aliphatic heterocycles. The lowest BCUT2D eigenvalue weighted by Crippen LogP contribution is -2.26. The van der Waals surface area contributed by atoms with E-state index in [9.17, 15) is 9.50 Å². The molecular formula is C17H17FN2O. The van der Waals surface area contributed by atoms with Gasteiger partial charge in [-0.25, -0.2) is 4.39 Å². The number of halogens is 1. The molecule has 1 aromatic carbocycles. The van der Waals surface area contributed by atoms with Crippen LogP contribution in [0.2, 0.25) is 0 Å². The second-order valence-electron chi connectivity index (χ2n) is 6.06. The van der Waals surface area contributed by atoms with E-state index in [0.717, 1.165) is 36.1 Å². The van der Waals surface area contributed by atoms with E-state index in [-0.39, 0.29) is 17.8 Å². The van der Waals surface area contributed by atoms with Crippen LogP contribution >= 0.6 is 0 Å². The van der Waals surface area contributed by atoms with Crippen LogP contribution < -0.4 is 0 Å². The Labute approximate surface area is 122 Å². The Bertz CT molecular complexity index is 687. The van der Waals surface area contributed by atoms with Gasteiger partial charge in [0.05, 0.1) is 11.8 Å². The lowest BCUT2D eigenvalue weighted by Gasteiger charge is -2.28. The molecule has 3 nitrogen and oxygen atoms in total. The lowest BCUT2D eigenvalue weighted by molar-refractivity contribution is 0.161. The molecule has 3 aliphatic rings. The molecule has 0 amide bonds. The third-order valence-electron chi connectivity index (χ3n) is 4.86. The van der Waals surface area contributed by atoms with Gasteiger partial charge in [0.15, 0.2) is 0 Å². The zero-order valence-electron chi connectivity index (χ0n) is 11.9. The van der Waals surface area contributed by atoms with Gasteiger partial charge in [-0.05, 0) is 48.1 Å². The molecule has 21 heavy (non-hydrogen) atoms. The molecule has 2 aliphatic carbocycles. The highest BCUT2D eigenvalue weighted by Crippen LogP contribution is 2.51. The quantitative estimate of drug-likeness (QED) is 0.829. The van der Waals surface area contributed by atoms with Crippen LogP contribution in [0.1, 0.15) is 37.8 Å². The monoisotopic (exact) mass is 284 g/mol. The van der Waals surface area contributed by atoms with Crippen molar-refractivity contribution in [3.63, 3.8) is 0 Å². The number of nitrogens with zero attached hydrogens (tertiary/aromatic N) is 2. The van der Waals surface area contributed by atoms with Gasteiger partial charge in [0.1, 0.15) is 11.9 Å². The van der Waals surface area contributed by atoms with Gasteiger partial charge in [0.25, 0.3) is 0 Å². The molecule has 1 heterocycles. The van der Waals surface area contributed by atoms with Crippen molar-refractivity contribution >= 4 is 0 Å². The number of benzene rings is 1. The van der Waals surface area contributed by atoms with Crippen LogP contribution in [0.25, 0.3) is 0 Å². The summed E-state index contributed by atoms with van der Waals surface area (Å²) in [5.41, 5.74) is 5.45. The Morgan fingerprint density at radius 2 is 1.95 bits per heavy atom. The smallest absolute Gasteiger partial charge is 0.123 e. The van der Waals surface area contributed by atoms with Crippen molar-refractivity contribution in [2.45, 2.75) is 38.3 Å². The number of hydrogen-bond acceptors (Lipinski definition) is 3. The van der Waals surface area contributed by atoms with Crippen molar-refractivity contribution in [3.8, 4) is 0 Å². The highest BCUT2D eigenvalue weighted by Gasteiger charge is 2.41. The Hall–Kier alpha value is -1.81. The van der Waals surface area contributed by atoms with Gasteiger partial charge in [0, 0.05) is 11.5 Å². The first kappa shape index (κ1) is 12.9. The Morgan fingerprint density at radius 3 is 2.71 bits per heavy atom. The molecule has 0 bridgehead atoms. The molecule has 0 radical (unpaired) electrons. The lowest BCUT2D eigenvalue weighted by atomic mass is 9.79. The summed E-state index contributed by atoms with van der Waals surface area (Å²) in [7, 11) is 0. The van der Waals surface area contributed by atoms with Gasteiger partial charge in [-0.15, -0.1) is 0 Å². The maximum Gasteiger partial charge on any atom is 0.123 e. The molecule has 0 saturated carbocycles. The van der Waals surface area contributed by atoms with E-state index in [0.29, 0.717) is 0 Å². The maximum absolute atomic E-state index is 13.1. The summed E-state index contributed by atoms with van der Waals surface area (Å²) in [5, 5.41) is 19.2. The van der Waals surface area contributed by atoms with Crippen LogP contribution in [-0.4, -0.2) is 11.2 Å². The summed E-state index contributed by atoms with van der Waals surface area (Å²) >= 11 is 0. The highest BCUT2D eigenvalue weighted by molar-refractivity contribution is 5.53. The van der Waals surface area contributed by atoms with E-state index in [2.05, 4.69) is 10.2 Å². The molecule has 0 fully saturated rings. The van der Waals surface area contributed by atoms with E-state index in [1.54, 1.807) is 12.1 Å². The molecule has 2 unspecified atom stereocenters. The fourth-order valence-electron chi connectivity index (χ4n) is 3.76. The van der Waals surface area contributed by atoms with Crippen molar-refractivity contribution in [2.75, 3.05) is 0 Å². The number of aliphatic hydroxyl groups is 1. The van der Waals surface area contributed by atoms with Crippen LogP contribution in [0.15, 0.2) is 56.9 Å². The minimum Gasteiger partial charge on any atom is -0.388 e. The summed E-state index contributed by atoms with van der Waals surface area (Å²) < 4.78 is 13.1. The topological polar surface area (TPSA) is 45.0 Å². The predicted octanol–water partition coefficient (Wildman–Crippen LogP) is 4.08. The molecule has 4 rings (SSSR count). The average Bonchev–Trinajstić information content (AvgIpc) is 3.11. The first-order valence-electron chi connectivity index (χ1n) is 7.47. The first-order valence-corrected chi connectivity index (χ1v) is 7.47. The van der Waals surface area contributed by atoms with E-state index in [1.165, 1.54) is 23.3 Å². The van der Waals surface area contributed by atoms with Crippen molar-refractivity contribution in [3.05, 3.63) is 58.1 Å². The third kappa shape index (κ3) is 1.82. The second kappa shape index (κ2) is 4.60. The molecular weight excluding hydrogens is 267 g/mol. The first-order chi connectivity index (χ1) is 10.2. The van der Waals surface area contributed by atoms with E-state index in [1.807, 2.05) is 6.92 Å². The zero-order valence-corrected chi connectivity index (χ0v) is 11.9.